The number of pyridine rings is 1. The second-order valence-corrected chi connectivity index (χ2v) is 9.01. The Morgan fingerprint density at radius 2 is 2.06 bits per heavy atom. The molecule has 2 saturated heterocycles. The van der Waals surface area contributed by atoms with Gasteiger partial charge in [-0.1, -0.05) is 12.1 Å². The van der Waals surface area contributed by atoms with Crippen molar-refractivity contribution in [1.82, 2.24) is 10.3 Å². The number of ether oxygens (including phenoxy) is 2. The molecule has 162 valence electrons. The first-order valence-corrected chi connectivity index (χ1v) is 10.9. The van der Waals surface area contributed by atoms with Crippen molar-refractivity contribution in [2.45, 2.75) is 30.9 Å². The fourth-order valence-corrected chi connectivity index (χ4v) is 5.65. The van der Waals surface area contributed by atoms with Gasteiger partial charge in [-0.2, -0.15) is 5.26 Å². The molecule has 5 atom stereocenters. The molecule has 1 unspecified atom stereocenters. The SMILES string of the molecule is CC(=O)NC[C@@H]1OC(=O)N2c3ccc(-c4ccc([C@]5(C#N)C6COC[C@H]65)nc4)cc3C[C@@H]12. The molecule has 0 spiro atoms. The number of fused-ring (bicyclic) bond motifs is 4. The number of hydrogen-bond acceptors (Lipinski definition) is 6. The topological polar surface area (TPSA) is 105 Å². The van der Waals surface area contributed by atoms with Gasteiger partial charge in [0, 0.05) is 30.5 Å². The van der Waals surface area contributed by atoms with Gasteiger partial charge < -0.3 is 14.8 Å². The highest BCUT2D eigenvalue weighted by Crippen LogP contribution is 2.62. The van der Waals surface area contributed by atoms with Gasteiger partial charge in [-0.15, -0.1) is 0 Å². The fourth-order valence-electron chi connectivity index (χ4n) is 5.65. The van der Waals surface area contributed by atoms with Crippen LogP contribution >= 0.6 is 0 Å². The number of anilines is 1. The van der Waals surface area contributed by atoms with E-state index in [1.54, 1.807) is 4.90 Å². The summed E-state index contributed by atoms with van der Waals surface area (Å²) in [6, 6.07) is 12.4. The molecule has 8 heteroatoms. The molecule has 0 bridgehead atoms. The van der Waals surface area contributed by atoms with Crippen molar-refractivity contribution >= 4 is 17.7 Å². The number of aromatic nitrogens is 1. The van der Waals surface area contributed by atoms with Crippen LogP contribution in [0.25, 0.3) is 11.1 Å². The number of nitrogens with zero attached hydrogens (tertiary/aromatic N) is 3. The van der Waals surface area contributed by atoms with E-state index in [-0.39, 0.29) is 36.0 Å². The highest BCUT2D eigenvalue weighted by atomic mass is 16.6. The summed E-state index contributed by atoms with van der Waals surface area (Å²) in [6.45, 7) is 3.03. The van der Waals surface area contributed by atoms with Crippen LogP contribution in [-0.2, 0) is 26.1 Å². The second-order valence-electron chi connectivity index (χ2n) is 9.01. The van der Waals surface area contributed by atoms with Crippen LogP contribution in [0, 0.1) is 23.2 Å². The Hall–Kier alpha value is -3.44. The number of benzene rings is 1. The van der Waals surface area contributed by atoms with E-state index in [0.717, 1.165) is 28.1 Å². The summed E-state index contributed by atoms with van der Waals surface area (Å²) in [5.41, 5.74) is 4.24. The standard InChI is InChI=1S/C24H22N4O4/c1-13(29)26-9-21-20-7-16-6-14(2-4-19(16)28(20)23(30)32-21)15-3-5-22(27-8-15)24(12-25)17-10-31-11-18(17)24/h2-6,8,17-18,20-21H,7,9-11H2,1H3,(H,26,29)/t17-,18?,20+,21+,24+/m1/s1. The van der Waals surface area contributed by atoms with E-state index >= 15 is 0 Å². The average Bonchev–Trinajstić information content (AvgIpc) is 3.20. The van der Waals surface area contributed by atoms with Gasteiger partial charge in [0.1, 0.15) is 11.5 Å². The third kappa shape index (κ3) is 2.61. The lowest BCUT2D eigenvalue weighted by molar-refractivity contribution is -0.119. The predicted molar refractivity (Wildman–Crippen MR) is 114 cm³/mol. The molecule has 6 rings (SSSR count). The highest BCUT2D eigenvalue weighted by molar-refractivity contribution is 5.94. The third-order valence-corrected chi connectivity index (χ3v) is 7.38. The van der Waals surface area contributed by atoms with E-state index in [0.29, 0.717) is 26.2 Å². The maximum Gasteiger partial charge on any atom is 0.415 e. The van der Waals surface area contributed by atoms with E-state index in [4.69, 9.17) is 9.47 Å². The first-order valence-electron chi connectivity index (χ1n) is 10.9. The van der Waals surface area contributed by atoms with Crippen LogP contribution in [0.2, 0.25) is 0 Å². The summed E-state index contributed by atoms with van der Waals surface area (Å²) in [7, 11) is 0. The van der Waals surface area contributed by atoms with Gasteiger partial charge in [-0.3, -0.25) is 14.7 Å². The molecule has 32 heavy (non-hydrogen) atoms. The average molecular weight is 430 g/mol. The van der Waals surface area contributed by atoms with Crippen LogP contribution in [0.5, 0.6) is 0 Å². The molecule has 1 saturated carbocycles. The summed E-state index contributed by atoms with van der Waals surface area (Å²) >= 11 is 0. The summed E-state index contributed by atoms with van der Waals surface area (Å²) in [5.74, 6) is 0.364. The normalized spacial score (nSPS) is 31.4. The monoisotopic (exact) mass is 430 g/mol. The van der Waals surface area contributed by atoms with E-state index < -0.39 is 5.41 Å². The van der Waals surface area contributed by atoms with Gasteiger partial charge in [0.25, 0.3) is 0 Å². The molecule has 4 aliphatic rings. The van der Waals surface area contributed by atoms with E-state index in [1.165, 1.54) is 6.92 Å². The number of nitrogens with one attached hydrogen (secondary N) is 1. The number of hydrogen-bond donors (Lipinski definition) is 1. The van der Waals surface area contributed by atoms with Crippen LogP contribution in [0.3, 0.4) is 0 Å². The van der Waals surface area contributed by atoms with Gasteiger partial charge in [-0.05, 0) is 35.7 Å². The molecule has 3 aliphatic heterocycles. The molecule has 8 nitrogen and oxygen atoms in total. The zero-order valence-corrected chi connectivity index (χ0v) is 17.6. The minimum atomic E-state index is -0.497. The zero-order valence-electron chi connectivity index (χ0n) is 17.6. The molecular weight excluding hydrogens is 408 g/mol. The predicted octanol–water partition coefficient (Wildman–Crippen LogP) is 2.17. The molecule has 3 fully saturated rings. The fraction of sp³-hybridized carbons (Fsp3) is 0.417. The Morgan fingerprint density at radius 1 is 1.28 bits per heavy atom. The smallest absolute Gasteiger partial charge is 0.415 e. The molecule has 0 radical (unpaired) electrons. The lowest BCUT2D eigenvalue weighted by Crippen LogP contribution is -2.40. The Balaban J connectivity index is 1.24. The Morgan fingerprint density at radius 3 is 2.75 bits per heavy atom. The number of carbonyl (C=O) groups excluding carboxylic acids is 2. The zero-order chi connectivity index (χ0) is 22.0. The van der Waals surface area contributed by atoms with Crippen molar-refractivity contribution in [3.8, 4) is 17.2 Å². The first kappa shape index (κ1) is 19.3. The van der Waals surface area contributed by atoms with Crippen molar-refractivity contribution in [3.63, 3.8) is 0 Å². The largest absolute Gasteiger partial charge is 0.442 e. The van der Waals surface area contributed by atoms with Gasteiger partial charge >= 0.3 is 6.09 Å². The minimum Gasteiger partial charge on any atom is -0.442 e. The minimum absolute atomic E-state index is 0.118. The number of cyclic esters (lactones) is 1. The number of rotatable bonds is 4. The number of nitriles is 1. The van der Waals surface area contributed by atoms with Crippen molar-refractivity contribution in [3.05, 3.63) is 47.8 Å². The van der Waals surface area contributed by atoms with Crippen LogP contribution in [0.4, 0.5) is 10.5 Å². The lowest BCUT2D eigenvalue weighted by atomic mass is 9.96. The summed E-state index contributed by atoms with van der Waals surface area (Å²) < 4.78 is 10.9. The molecule has 1 aliphatic carbocycles. The molecule has 1 aromatic carbocycles. The Kier molecular flexibility index (Phi) is 4.08. The maximum atomic E-state index is 12.4. The van der Waals surface area contributed by atoms with Crippen LogP contribution in [0.1, 0.15) is 18.2 Å². The van der Waals surface area contributed by atoms with Gasteiger partial charge in [0.15, 0.2) is 0 Å². The first-order chi connectivity index (χ1) is 15.5. The molecule has 1 N–H and O–H groups in total. The quantitative estimate of drug-likeness (QED) is 0.797. The Bertz CT molecular complexity index is 1160. The van der Waals surface area contributed by atoms with Crippen molar-refractivity contribution < 1.29 is 19.1 Å². The molecule has 1 aromatic heterocycles. The van der Waals surface area contributed by atoms with Crippen molar-refractivity contribution in [2.75, 3.05) is 24.7 Å². The molecule has 2 amide bonds. The summed E-state index contributed by atoms with van der Waals surface area (Å²) in [5, 5.41) is 12.5. The van der Waals surface area contributed by atoms with Crippen molar-refractivity contribution in [2.24, 2.45) is 11.8 Å². The van der Waals surface area contributed by atoms with Crippen LogP contribution in [0.15, 0.2) is 36.5 Å². The van der Waals surface area contributed by atoms with Crippen LogP contribution < -0.4 is 10.2 Å². The van der Waals surface area contributed by atoms with Gasteiger partial charge in [-0.25, -0.2) is 4.79 Å². The number of amides is 2. The maximum absolute atomic E-state index is 12.4. The Labute approximate surface area is 185 Å². The molecular formula is C24H22N4O4. The second kappa shape index (κ2) is 6.78. The van der Waals surface area contributed by atoms with E-state index in [9.17, 15) is 14.9 Å². The van der Waals surface area contributed by atoms with E-state index in [1.807, 2.05) is 30.5 Å². The van der Waals surface area contributed by atoms with Gasteiger partial charge in [0.05, 0.1) is 43.3 Å². The van der Waals surface area contributed by atoms with Gasteiger partial charge in [0.2, 0.25) is 5.91 Å². The summed E-state index contributed by atoms with van der Waals surface area (Å²) in [6.07, 6.45) is 1.76. The van der Waals surface area contributed by atoms with Crippen molar-refractivity contribution in [1.29, 1.82) is 5.26 Å². The van der Waals surface area contributed by atoms with Crippen LogP contribution in [-0.4, -0.2) is 48.9 Å². The van der Waals surface area contributed by atoms with E-state index in [2.05, 4.69) is 22.4 Å². The number of carbonyl (C=O) groups is 2. The molecule has 4 heterocycles. The molecule has 2 aromatic rings. The third-order valence-electron chi connectivity index (χ3n) is 7.38. The lowest BCUT2D eigenvalue weighted by Gasteiger charge is -2.16. The highest BCUT2D eigenvalue weighted by Gasteiger charge is 2.70. The summed E-state index contributed by atoms with van der Waals surface area (Å²) in [4.78, 5) is 30.0.